The van der Waals surface area contributed by atoms with Gasteiger partial charge < -0.3 is 13.4 Å². The molecule has 0 aliphatic carbocycles. The number of aromatic nitrogens is 3. The maximum absolute atomic E-state index is 6.59. The van der Waals surface area contributed by atoms with Crippen LogP contribution >= 0.6 is 11.3 Å². The first kappa shape index (κ1) is 38.9. The number of hydrogen-bond acceptors (Lipinski definition) is 5. The first-order chi connectivity index (χ1) is 34.7. The SMILES string of the molecule is c1ccc(-c2cc(-c3ccc4c(c3)oc3ccccc34)nc(-c3cccc4oc5ccc(-c6ccc7sc8c(-c9ccc%10c(c9)c9ccccc9n%10-c9ccccc9)cccc8c7c6)cc5c34)n2)cc1. The van der Waals surface area contributed by atoms with Gasteiger partial charge in [-0.2, -0.15) is 0 Å². The highest BCUT2D eigenvalue weighted by Gasteiger charge is 2.20. The van der Waals surface area contributed by atoms with Crippen LogP contribution in [0.15, 0.2) is 233 Å². The van der Waals surface area contributed by atoms with Gasteiger partial charge in [0.1, 0.15) is 22.3 Å². The fourth-order valence-corrected chi connectivity index (χ4v) is 12.0. The standard InChI is InChI=1S/C64H37N3O2S/c1-3-13-38(14-4-1)53-37-54(42-25-29-47-46-18-8-10-23-57(46)69-60(47)36-42)66-64(65-53)49-21-12-24-59-62(49)52-34-39(27-31-58(52)68-59)40-28-32-61-51(33-40)48-20-11-19-44(63(48)70-61)41-26-30-56-50(35-41)45-17-7-9-22-55(45)67(56)43-15-5-2-6-16-43/h1-37H. The van der Waals surface area contributed by atoms with Crippen molar-refractivity contribution < 1.29 is 8.83 Å². The Morgan fingerprint density at radius 1 is 0.343 bits per heavy atom. The fourth-order valence-electron chi connectivity index (χ4n) is 10.8. The Morgan fingerprint density at radius 2 is 0.957 bits per heavy atom. The maximum Gasteiger partial charge on any atom is 0.161 e. The van der Waals surface area contributed by atoms with Crippen LogP contribution in [0.3, 0.4) is 0 Å². The summed E-state index contributed by atoms with van der Waals surface area (Å²) in [5, 5.41) is 9.19. The molecule has 0 spiro atoms. The molecule has 0 saturated carbocycles. The number of rotatable bonds is 6. The number of fused-ring (bicyclic) bond motifs is 12. The molecule has 10 aromatic carbocycles. The summed E-state index contributed by atoms with van der Waals surface area (Å²) in [7, 11) is 0. The second kappa shape index (κ2) is 15.2. The van der Waals surface area contributed by atoms with Gasteiger partial charge in [-0.1, -0.05) is 140 Å². The van der Waals surface area contributed by atoms with Crippen LogP contribution in [-0.2, 0) is 0 Å². The summed E-state index contributed by atoms with van der Waals surface area (Å²) < 4.78 is 17.8. The van der Waals surface area contributed by atoms with Crippen molar-refractivity contribution in [2.45, 2.75) is 0 Å². The lowest BCUT2D eigenvalue weighted by molar-refractivity contribution is 0.668. The molecule has 0 aliphatic heterocycles. The summed E-state index contributed by atoms with van der Waals surface area (Å²) in [5.41, 5.74) is 16.1. The van der Waals surface area contributed by atoms with E-state index >= 15 is 0 Å². The van der Waals surface area contributed by atoms with Gasteiger partial charge >= 0.3 is 0 Å². The molecule has 0 aliphatic rings. The molecule has 0 fully saturated rings. The molecule has 0 unspecified atom stereocenters. The Labute approximate surface area is 404 Å². The quantitative estimate of drug-likeness (QED) is 0.167. The van der Waals surface area contributed by atoms with E-state index in [-0.39, 0.29) is 0 Å². The Morgan fingerprint density at radius 3 is 1.84 bits per heavy atom. The van der Waals surface area contributed by atoms with Crippen molar-refractivity contribution in [3.63, 3.8) is 0 Å². The van der Waals surface area contributed by atoms with Crippen LogP contribution in [0.2, 0.25) is 0 Å². The predicted molar refractivity (Wildman–Crippen MR) is 291 cm³/mol. The number of nitrogens with zero attached hydrogens (tertiary/aromatic N) is 3. The minimum atomic E-state index is 0.628. The second-order valence-electron chi connectivity index (χ2n) is 18.0. The summed E-state index contributed by atoms with van der Waals surface area (Å²) >= 11 is 1.86. The Hall–Kier alpha value is -9.10. The highest BCUT2D eigenvalue weighted by atomic mass is 32.1. The van der Waals surface area contributed by atoms with E-state index in [0.29, 0.717) is 5.82 Å². The molecule has 15 aromatic rings. The molecule has 0 atom stereocenters. The maximum atomic E-state index is 6.59. The van der Waals surface area contributed by atoms with Crippen molar-refractivity contribution in [3.8, 4) is 61.8 Å². The Kier molecular flexibility index (Phi) is 8.46. The van der Waals surface area contributed by atoms with E-state index < -0.39 is 0 Å². The highest BCUT2D eigenvalue weighted by Crippen LogP contribution is 2.45. The van der Waals surface area contributed by atoms with Crippen LogP contribution in [0.4, 0.5) is 0 Å². The lowest BCUT2D eigenvalue weighted by Crippen LogP contribution is -1.96. The highest BCUT2D eigenvalue weighted by molar-refractivity contribution is 7.26. The molecule has 326 valence electrons. The van der Waals surface area contributed by atoms with E-state index in [4.69, 9.17) is 18.8 Å². The van der Waals surface area contributed by atoms with E-state index in [1.165, 1.54) is 53.1 Å². The van der Waals surface area contributed by atoms with Crippen molar-refractivity contribution in [2.75, 3.05) is 0 Å². The van der Waals surface area contributed by atoms with Gasteiger partial charge in [0.15, 0.2) is 5.82 Å². The first-order valence-electron chi connectivity index (χ1n) is 23.5. The average Bonchev–Trinajstić information content (AvgIpc) is 4.19. The zero-order valence-corrected chi connectivity index (χ0v) is 38.2. The van der Waals surface area contributed by atoms with Crippen molar-refractivity contribution >= 4 is 97.2 Å². The van der Waals surface area contributed by atoms with Gasteiger partial charge in [0.25, 0.3) is 0 Å². The van der Waals surface area contributed by atoms with Crippen molar-refractivity contribution in [3.05, 3.63) is 224 Å². The predicted octanol–water partition coefficient (Wildman–Crippen LogP) is 18.1. The molecule has 0 saturated heterocycles. The molecule has 6 heteroatoms. The monoisotopic (exact) mass is 911 g/mol. The van der Waals surface area contributed by atoms with Gasteiger partial charge in [-0.15, -0.1) is 11.3 Å². The van der Waals surface area contributed by atoms with Gasteiger partial charge in [-0.05, 0) is 107 Å². The molecule has 15 rings (SSSR count). The summed E-state index contributed by atoms with van der Waals surface area (Å²) in [6.45, 7) is 0. The lowest BCUT2D eigenvalue weighted by atomic mass is 9.98. The molecule has 0 radical (unpaired) electrons. The lowest BCUT2D eigenvalue weighted by Gasteiger charge is -2.10. The number of benzene rings is 10. The minimum absolute atomic E-state index is 0.628. The van der Waals surface area contributed by atoms with Crippen LogP contribution in [0, 0.1) is 0 Å². The van der Waals surface area contributed by atoms with Crippen LogP contribution in [0.5, 0.6) is 0 Å². The third-order valence-electron chi connectivity index (χ3n) is 14.0. The zero-order valence-electron chi connectivity index (χ0n) is 37.4. The minimum Gasteiger partial charge on any atom is -0.456 e. The fraction of sp³-hybridized carbons (Fsp3) is 0. The topological polar surface area (TPSA) is 57.0 Å². The number of furan rings is 2. The third-order valence-corrected chi connectivity index (χ3v) is 15.3. The van der Waals surface area contributed by atoms with Gasteiger partial charge in [-0.3, -0.25) is 0 Å². The molecule has 5 aromatic heterocycles. The number of para-hydroxylation sites is 3. The third kappa shape index (κ3) is 6.03. The number of thiophene rings is 1. The molecule has 70 heavy (non-hydrogen) atoms. The largest absolute Gasteiger partial charge is 0.456 e. The normalized spacial score (nSPS) is 12.0. The number of hydrogen-bond donors (Lipinski definition) is 0. The van der Waals surface area contributed by atoms with Gasteiger partial charge in [0.05, 0.1) is 22.4 Å². The summed E-state index contributed by atoms with van der Waals surface area (Å²) in [6, 6.07) is 79.6. The molecular weight excluding hydrogens is 875 g/mol. The second-order valence-corrected chi connectivity index (χ2v) is 19.1. The van der Waals surface area contributed by atoms with Crippen LogP contribution in [0.1, 0.15) is 0 Å². The van der Waals surface area contributed by atoms with E-state index in [1.54, 1.807) is 0 Å². The first-order valence-corrected chi connectivity index (χ1v) is 24.4. The van der Waals surface area contributed by atoms with Crippen LogP contribution in [0.25, 0.3) is 148 Å². The van der Waals surface area contributed by atoms with Gasteiger partial charge in [0.2, 0.25) is 0 Å². The van der Waals surface area contributed by atoms with Gasteiger partial charge in [-0.25, -0.2) is 9.97 Å². The zero-order chi connectivity index (χ0) is 45.9. The summed E-state index contributed by atoms with van der Waals surface area (Å²) in [4.78, 5) is 10.6. The van der Waals surface area contributed by atoms with E-state index in [0.717, 1.165) is 88.8 Å². The Bertz CT molecular complexity index is 4600. The van der Waals surface area contributed by atoms with Crippen LogP contribution < -0.4 is 0 Å². The molecule has 5 heterocycles. The van der Waals surface area contributed by atoms with E-state index in [2.05, 4.69) is 180 Å². The van der Waals surface area contributed by atoms with Crippen LogP contribution in [-0.4, -0.2) is 14.5 Å². The van der Waals surface area contributed by atoms with Gasteiger partial charge in [0, 0.05) is 74.9 Å². The smallest absolute Gasteiger partial charge is 0.161 e. The molecular formula is C64H37N3O2S. The molecule has 0 bridgehead atoms. The molecule has 0 amide bonds. The van der Waals surface area contributed by atoms with E-state index in [9.17, 15) is 0 Å². The van der Waals surface area contributed by atoms with Crippen molar-refractivity contribution in [1.82, 2.24) is 14.5 Å². The molecule has 5 nitrogen and oxygen atoms in total. The Balaban J connectivity index is 0.847. The molecule has 0 N–H and O–H groups in total. The summed E-state index contributed by atoms with van der Waals surface area (Å²) in [5.74, 6) is 0.628. The summed E-state index contributed by atoms with van der Waals surface area (Å²) in [6.07, 6.45) is 0. The van der Waals surface area contributed by atoms with E-state index in [1.807, 2.05) is 59.9 Å². The average molecular weight is 912 g/mol. The van der Waals surface area contributed by atoms with Crippen molar-refractivity contribution in [2.24, 2.45) is 0 Å². The van der Waals surface area contributed by atoms with Crippen molar-refractivity contribution in [1.29, 1.82) is 0 Å².